The van der Waals surface area contributed by atoms with Crippen molar-refractivity contribution in [3.8, 4) is 11.4 Å². The summed E-state index contributed by atoms with van der Waals surface area (Å²) in [6.45, 7) is 5.55. The number of likely N-dealkylation sites (N-methyl/N-ethyl adjacent to an activating group) is 1. The van der Waals surface area contributed by atoms with Crippen LogP contribution in [-0.4, -0.2) is 46.9 Å². The summed E-state index contributed by atoms with van der Waals surface area (Å²) in [7, 11) is 3.20. The normalized spacial score (nSPS) is 12.0. The van der Waals surface area contributed by atoms with Gasteiger partial charge in [-0.2, -0.15) is 0 Å². The molecule has 1 atom stereocenters. The van der Waals surface area contributed by atoms with E-state index in [0.717, 1.165) is 16.9 Å². The van der Waals surface area contributed by atoms with Gasteiger partial charge in [0.25, 0.3) is 11.5 Å². The molecule has 0 radical (unpaired) electrons. The number of hydrogen-bond donors (Lipinski definition) is 1. The van der Waals surface area contributed by atoms with E-state index in [1.54, 1.807) is 38.4 Å². The predicted molar refractivity (Wildman–Crippen MR) is 113 cm³/mol. The molecule has 0 aliphatic heterocycles. The van der Waals surface area contributed by atoms with Crippen molar-refractivity contribution >= 4 is 33.4 Å². The van der Waals surface area contributed by atoms with Crippen molar-refractivity contribution in [3.63, 3.8) is 0 Å². The van der Waals surface area contributed by atoms with Gasteiger partial charge in [-0.25, -0.2) is 9.78 Å². The van der Waals surface area contributed by atoms with Gasteiger partial charge < -0.3 is 14.6 Å². The summed E-state index contributed by atoms with van der Waals surface area (Å²) in [5.41, 5.74) is 1.87. The maximum absolute atomic E-state index is 12.6. The number of hydrogen-bond acceptors (Lipinski definition) is 6. The second-order valence-corrected chi connectivity index (χ2v) is 8.15. The molecule has 152 valence electrons. The van der Waals surface area contributed by atoms with Crippen LogP contribution in [0.1, 0.15) is 34.6 Å². The van der Waals surface area contributed by atoms with Crippen molar-refractivity contribution in [2.75, 3.05) is 14.1 Å². The van der Waals surface area contributed by atoms with Crippen LogP contribution in [0, 0.1) is 6.92 Å². The van der Waals surface area contributed by atoms with Gasteiger partial charge in [-0.15, -0.1) is 11.3 Å². The van der Waals surface area contributed by atoms with E-state index in [-0.39, 0.29) is 11.5 Å². The number of ether oxygens (including phenoxy) is 1. The van der Waals surface area contributed by atoms with Gasteiger partial charge in [0.05, 0.1) is 10.9 Å². The van der Waals surface area contributed by atoms with Crippen LogP contribution in [0.3, 0.4) is 0 Å². The summed E-state index contributed by atoms with van der Waals surface area (Å²) in [5, 5.41) is 0.651. The number of H-pyrrole nitrogens is 1. The first kappa shape index (κ1) is 20.7. The van der Waals surface area contributed by atoms with E-state index in [0.29, 0.717) is 27.2 Å². The quantitative estimate of drug-likeness (QED) is 0.649. The average Bonchev–Trinajstić information content (AvgIpc) is 3.02. The third kappa shape index (κ3) is 4.07. The number of aromatic nitrogens is 2. The zero-order chi connectivity index (χ0) is 21.3. The van der Waals surface area contributed by atoms with Crippen LogP contribution < -0.4 is 5.56 Å². The first-order chi connectivity index (χ1) is 13.7. The summed E-state index contributed by atoms with van der Waals surface area (Å²) in [6, 6.07) is 6.57. The number of thiophene rings is 1. The number of rotatable bonds is 5. The van der Waals surface area contributed by atoms with Crippen LogP contribution in [0.5, 0.6) is 0 Å². The first-order valence-corrected chi connectivity index (χ1v) is 10.1. The van der Waals surface area contributed by atoms with E-state index in [2.05, 4.69) is 9.97 Å². The van der Waals surface area contributed by atoms with Gasteiger partial charge in [0, 0.05) is 24.5 Å². The molecule has 8 heteroatoms. The third-order valence-electron chi connectivity index (χ3n) is 4.68. The molecule has 0 aliphatic carbocycles. The molecular weight excluding hydrogens is 390 g/mol. The molecule has 1 amide bonds. The van der Waals surface area contributed by atoms with Crippen LogP contribution in [0.15, 0.2) is 29.1 Å². The Hall–Kier alpha value is -3.00. The highest BCUT2D eigenvalue weighted by Crippen LogP contribution is 2.28. The van der Waals surface area contributed by atoms with Crippen molar-refractivity contribution in [1.82, 2.24) is 14.9 Å². The molecular formula is C21H23N3O4S. The molecule has 2 heterocycles. The van der Waals surface area contributed by atoms with Gasteiger partial charge in [-0.3, -0.25) is 9.59 Å². The van der Waals surface area contributed by atoms with Crippen LogP contribution in [-0.2, 0) is 16.0 Å². The van der Waals surface area contributed by atoms with Crippen molar-refractivity contribution in [2.24, 2.45) is 0 Å². The summed E-state index contributed by atoms with van der Waals surface area (Å²) < 4.78 is 5.21. The lowest BCUT2D eigenvalue weighted by Crippen LogP contribution is -2.34. The molecule has 0 bridgehead atoms. The fraction of sp³-hybridized carbons (Fsp3) is 0.333. The summed E-state index contributed by atoms with van der Waals surface area (Å²) in [6.07, 6.45) is -0.0889. The average molecular weight is 413 g/mol. The van der Waals surface area contributed by atoms with E-state index in [9.17, 15) is 14.4 Å². The molecule has 0 saturated heterocycles. The number of nitrogens with zero attached hydrogens (tertiary/aromatic N) is 2. The smallest absolute Gasteiger partial charge is 0.338 e. The maximum atomic E-state index is 12.6. The molecule has 29 heavy (non-hydrogen) atoms. The Bertz CT molecular complexity index is 1130. The van der Waals surface area contributed by atoms with E-state index < -0.39 is 12.1 Å². The van der Waals surface area contributed by atoms with E-state index >= 15 is 0 Å². The zero-order valence-corrected chi connectivity index (χ0v) is 17.8. The molecule has 0 aliphatic rings. The van der Waals surface area contributed by atoms with Crippen LogP contribution in [0.2, 0.25) is 0 Å². The fourth-order valence-corrected chi connectivity index (χ4v) is 4.26. The molecule has 0 fully saturated rings. The predicted octanol–water partition coefficient (Wildman–Crippen LogP) is 3.16. The lowest BCUT2D eigenvalue weighted by molar-refractivity contribution is -0.137. The number of fused-ring (bicyclic) bond motifs is 1. The Morgan fingerprint density at radius 1 is 1.24 bits per heavy atom. The van der Waals surface area contributed by atoms with Crippen LogP contribution >= 0.6 is 11.3 Å². The maximum Gasteiger partial charge on any atom is 0.338 e. The molecule has 7 nitrogen and oxygen atoms in total. The molecule has 2 aromatic heterocycles. The molecule has 0 unspecified atom stereocenters. The number of carbonyl (C=O) groups excluding carboxylic acids is 2. The SMILES string of the molecule is CCc1c(C)sc2nc(-c3ccc(C(=O)O[C@@H](C)C(=O)N(C)C)cc3)[nH]c(=O)c12. The van der Waals surface area contributed by atoms with E-state index in [1.807, 2.05) is 13.8 Å². The van der Waals surface area contributed by atoms with E-state index in [4.69, 9.17) is 4.74 Å². The Kier molecular flexibility index (Phi) is 5.83. The lowest BCUT2D eigenvalue weighted by Gasteiger charge is -2.17. The summed E-state index contributed by atoms with van der Waals surface area (Å²) >= 11 is 1.51. The van der Waals surface area contributed by atoms with Gasteiger partial charge in [0.15, 0.2) is 6.10 Å². The lowest BCUT2D eigenvalue weighted by atomic mass is 10.1. The highest BCUT2D eigenvalue weighted by molar-refractivity contribution is 7.18. The molecule has 1 N–H and O–H groups in total. The minimum absolute atomic E-state index is 0.161. The van der Waals surface area contributed by atoms with Gasteiger partial charge in [-0.1, -0.05) is 19.1 Å². The highest BCUT2D eigenvalue weighted by Gasteiger charge is 2.20. The molecule has 0 saturated carbocycles. The molecule has 1 aromatic carbocycles. The van der Waals surface area contributed by atoms with Gasteiger partial charge >= 0.3 is 5.97 Å². The minimum Gasteiger partial charge on any atom is -0.449 e. The Morgan fingerprint density at radius 3 is 2.48 bits per heavy atom. The third-order valence-corrected chi connectivity index (χ3v) is 5.72. The van der Waals surface area contributed by atoms with Crippen molar-refractivity contribution in [1.29, 1.82) is 0 Å². The monoisotopic (exact) mass is 413 g/mol. The number of benzene rings is 1. The Morgan fingerprint density at radius 2 is 1.90 bits per heavy atom. The van der Waals surface area contributed by atoms with Crippen LogP contribution in [0.25, 0.3) is 21.6 Å². The van der Waals surface area contributed by atoms with Gasteiger partial charge in [0.2, 0.25) is 0 Å². The second-order valence-electron chi connectivity index (χ2n) is 6.94. The standard InChI is InChI=1S/C21H23N3O4S/c1-6-15-12(3)29-19-16(15)18(25)22-17(23-19)13-7-9-14(10-8-13)21(27)28-11(2)20(26)24(4)5/h7-11H,6H2,1-5H3,(H,22,23,25)/t11-/m0/s1. The Labute approximate surface area is 172 Å². The van der Waals surface area contributed by atoms with Crippen molar-refractivity contribution < 1.29 is 14.3 Å². The van der Waals surface area contributed by atoms with Crippen molar-refractivity contribution in [3.05, 3.63) is 50.6 Å². The van der Waals surface area contributed by atoms with Gasteiger partial charge in [0.1, 0.15) is 10.7 Å². The number of amides is 1. The number of aromatic amines is 1. The number of aryl methyl sites for hydroxylation is 2. The largest absolute Gasteiger partial charge is 0.449 e. The van der Waals surface area contributed by atoms with E-state index in [1.165, 1.54) is 23.2 Å². The highest BCUT2D eigenvalue weighted by atomic mass is 32.1. The second kappa shape index (κ2) is 8.16. The Balaban J connectivity index is 1.86. The summed E-state index contributed by atoms with van der Waals surface area (Å²) in [5.74, 6) is -0.428. The first-order valence-electron chi connectivity index (χ1n) is 9.27. The minimum atomic E-state index is -0.868. The van der Waals surface area contributed by atoms with Gasteiger partial charge in [-0.05, 0) is 38.0 Å². The fourth-order valence-electron chi connectivity index (χ4n) is 3.14. The number of carbonyl (C=O) groups is 2. The summed E-state index contributed by atoms with van der Waals surface area (Å²) in [4.78, 5) is 47.3. The topological polar surface area (TPSA) is 92.4 Å². The number of esters is 1. The molecule has 3 aromatic rings. The number of nitrogens with one attached hydrogen (secondary N) is 1. The van der Waals surface area contributed by atoms with Crippen LogP contribution in [0.4, 0.5) is 0 Å². The molecule has 0 spiro atoms. The zero-order valence-electron chi connectivity index (χ0n) is 17.0. The molecule has 3 rings (SSSR count). The van der Waals surface area contributed by atoms with Crippen molar-refractivity contribution in [2.45, 2.75) is 33.3 Å².